The van der Waals surface area contributed by atoms with Gasteiger partial charge in [-0.15, -0.1) is 0 Å². The maximum Gasteiger partial charge on any atom is 0.219 e. The van der Waals surface area contributed by atoms with Crippen LogP contribution in [0, 0.1) is 0 Å². The van der Waals surface area contributed by atoms with Gasteiger partial charge in [0.15, 0.2) is 0 Å². The molecule has 0 radical (unpaired) electrons. The lowest BCUT2D eigenvalue weighted by Gasteiger charge is -2.04. The molecule has 1 saturated heterocycles. The number of carbonyl (C=O) groups is 2. The lowest BCUT2D eigenvalue weighted by molar-refractivity contribution is -0.121. The number of amides is 1. The van der Waals surface area contributed by atoms with E-state index in [1.54, 1.807) is 0 Å². The molecule has 1 amide bonds. The van der Waals surface area contributed by atoms with Crippen molar-refractivity contribution in [1.29, 1.82) is 0 Å². The van der Waals surface area contributed by atoms with Gasteiger partial charge in [0.1, 0.15) is 5.78 Å². The molecule has 0 unspecified atom stereocenters. The van der Waals surface area contributed by atoms with Gasteiger partial charge in [-0.3, -0.25) is 9.59 Å². The van der Waals surface area contributed by atoms with Gasteiger partial charge in [-0.1, -0.05) is 12.8 Å². The second-order valence-corrected chi connectivity index (χ2v) is 4.69. The third-order valence-corrected chi connectivity index (χ3v) is 3.03. The Hall–Kier alpha value is -0.900. The fraction of sp³-hybridized carbons (Fsp3) is 0.846. The summed E-state index contributed by atoms with van der Waals surface area (Å²) in [5, 5.41) is 6.07. The molecule has 1 rings (SSSR count). The Labute approximate surface area is 104 Å². The van der Waals surface area contributed by atoms with Gasteiger partial charge in [0.05, 0.1) is 6.54 Å². The van der Waals surface area contributed by atoms with E-state index in [0.29, 0.717) is 25.2 Å². The summed E-state index contributed by atoms with van der Waals surface area (Å²) in [6.45, 7) is 2.11. The van der Waals surface area contributed by atoms with Crippen molar-refractivity contribution in [3.63, 3.8) is 0 Å². The molecule has 1 aliphatic heterocycles. The second kappa shape index (κ2) is 9.16. The first kappa shape index (κ1) is 14.2. The minimum Gasteiger partial charge on any atom is -0.356 e. The van der Waals surface area contributed by atoms with Crippen LogP contribution >= 0.6 is 0 Å². The summed E-state index contributed by atoms with van der Waals surface area (Å²) in [5.74, 6) is 0.477. The van der Waals surface area contributed by atoms with Crippen LogP contribution < -0.4 is 10.6 Å². The highest BCUT2D eigenvalue weighted by molar-refractivity contribution is 5.80. The third kappa shape index (κ3) is 7.91. The highest BCUT2D eigenvalue weighted by Crippen LogP contribution is 2.03. The lowest BCUT2D eigenvalue weighted by atomic mass is 10.1. The van der Waals surface area contributed by atoms with E-state index in [1.165, 1.54) is 0 Å². The number of hydrogen-bond donors (Lipinski definition) is 2. The van der Waals surface area contributed by atoms with Crippen molar-refractivity contribution in [3.05, 3.63) is 0 Å². The molecule has 0 aromatic heterocycles. The number of carbonyl (C=O) groups excluding carboxylic acids is 2. The molecule has 0 spiro atoms. The van der Waals surface area contributed by atoms with E-state index in [-0.39, 0.29) is 5.91 Å². The fourth-order valence-electron chi connectivity index (χ4n) is 1.97. The molecule has 2 N–H and O–H groups in total. The molecule has 1 fully saturated rings. The second-order valence-electron chi connectivity index (χ2n) is 4.69. The largest absolute Gasteiger partial charge is 0.356 e. The summed E-state index contributed by atoms with van der Waals surface area (Å²) in [6.07, 6.45) is 7.35. The van der Waals surface area contributed by atoms with Crippen molar-refractivity contribution in [2.24, 2.45) is 0 Å². The van der Waals surface area contributed by atoms with Crippen LogP contribution in [0.3, 0.4) is 0 Å². The van der Waals surface area contributed by atoms with E-state index in [9.17, 15) is 9.59 Å². The molecule has 1 heterocycles. The molecule has 4 heteroatoms. The zero-order chi connectivity index (χ0) is 12.3. The van der Waals surface area contributed by atoms with E-state index in [0.717, 1.165) is 51.6 Å². The van der Waals surface area contributed by atoms with Gasteiger partial charge < -0.3 is 10.6 Å². The number of hydrogen-bond acceptors (Lipinski definition) is 3. The van der Waals surface area contributed by atoms with E-state index in [2.05, 4.69) is 10.6 Å². The zero-order valence-electron chi connectivity index (χ0n) is 10.6. The first-order chi connectivity index (χ1) is 8.29. The average molecular weight is 240 g/mol. The predicted octanol–water partition coefficient (Wildman–Crippen LogP) is 1.40. The summed E-state index contributed by atoms with van der Waals surface area (Å²) < 4.78 is 0. The van der Waals surface area contributed by atoms with Crippen LogP contribution in [0.25, 0.3) is 0 Å². The van der Waals surface area contributed by atoms with Crippen LogP contribution in [0.4, 0.5) is 0 Å². The molecule has 0 bridgehead atoms. The number of nitrogens with one attached hydrogen (secondary N) is 2. The fourth-order valence-corrected chi connectivity index (χ4v) is 1.97. The topological polar surface area (TPSA) is 58.2 Å². The third-order valence-electron chi connectivity index (χ3n) is 3.03. The highest BCUT2D eigenvalue weighted by Gasteiger charge is 2.04. The van der Waals surface area contributed by atoms with Gasteiger partial charge in [0.2, 0.25) is 5.91 Å². The first-order valence-corrected chi connectivity index (χ1v) is 6.78. The molecular weight excluding hydrogens is 216 g/mol. The minimum atomic E-state index is 0.163. The molecule has 17 heavy (non-hydrogen) atoms. The quantitative estimate of drug-likeness (QED) is 0.673. The van der Waals surface area contributed by atoms with Gasteiger partial charge in [0.25, 0.3) is 0 Å². The van der Waals surface area contributed by atoms with Gasteiger partial charge in [-0.25, -0.2) is 0 Å². The van der Waals surface area contributed by atoms with Crippen molar-refractivity contribution in [3.8, 4) is 0 Å². The molecule has 4 nitrogen and oxygen atoms in total. The van der Waals surface area contributed by atoms with Crippen molar-refractivity contribution < 1.29 is 9.59 Å². The molecule has 0 aromatic rings. The van der Waals surface area contributed by atoms with Gasteiger partial charge >= 0.3 is 0 Å². The van der Waals surface area contributed by atoms with Crippen LogP contribution in [0.5, 0.6) is 0 Å². The molecule has 0 aromatic carbocycles. The Bertz CT molecular complexity index is 218. The summed E-state index contributed by atoms with van der Waals surface area (Å²) in [4.78, 5) is 22.8. The molecule has 1 aliphatic rings. The van der Waals surface area contributed by atoms with Crippen molar-refractivity contribution >= 4 is 11.7 Å². The Morgan fingerprint density at radius 3 is 2.35 bits per heavy atom. The van der Waals surface area contributed by atoms with Crippen LogP contribution in [0.15, 0.2) is 0 Å². The van der Waals surface area contributed by atoms with E-state index >= 15 is 0 Å². The van der Waals surface area contributed by atoms with Gasteiger partial charge in [0, 0.05) is 19.4 Å². The Balaban J connectivity index is 2.23. The normalized spacial score (nSPS) is 22.4. The average Bonchev–Trinajstić information content (AvgIpc) is 2.32. The lowest BCUT2D eigenvalue weighted by Crippen LogP contribution is -2.25. The summed E-state index contributed by atoms with van der Waals surface area (Å²) in [7, 11) is 0. The summed E-state index contributed by atoms with van der Waals surface area (Å²) in [5.41, 5.74) is 0. The van der Waals surface area contributed by atoms with E-state index < -0.39 is 0 Å². The number of ketones is 1. The summed E-state index contributed by atoms with van der Waals surface area (Å²) in [6, 6.07) is 0. The SMILES string of the molecule is O=C1CCCCCCNC(=O)CCCCNC1. The van der Waals surface area contributed by atoms with Crippen molar-refractivity contribution in [2.45, 2.75) is 51.4 Å². The molecule has 98 valence electrons. The minimum absolute atomic E-state index is 0.163. The maximum absolute atomic E-state index is 11.4. The summed E-state index contributed by atoms with van der Waals surface area (Å²) >= 11 is 0. The van der Waals surface area contributed by atoms with Crippen molar-refractivity contribution in [1.82, 2.24) is 10.6 Å². The van der Waals surface area contributed by atoms with Gasteiger partial charge in [-0.2, -0.15) is 0 Å². The van der Waals surface area contributed by atoms with Crippen molar-refractivity contribution in [2.75, 3.05) is 19.6 Å². The smallest absolute Gasteiger partial charge is 0.219 e. The van der Waals surface area contributed by atoms with Crippen LogP contribution in [0.2, 0.25) is 0 Å². The van der Waals surface area contributed by atoms with Crippen LogP contribution in [-0.4, -0.2) is 31.3 Å². The molecule has 0 aliphatic carbocycles. The number of rotatable bonds is 0. The van der Waals surface area contributed by atoms with Gasteiger partial charge in [-0.05, 0) is 32.2 Å². The predicted molar refractivity (Wildman–Crippen MR) is 67.8 cm³/mol. The Kier molecular flexibility index (Phi) is 7.63. The molecule has 0 saturated carbocycles. The van der Waals surface area contributed by atoms with E-state index in [4.69, 9.17) is 0 Å². The standard InChI is InChI=1S/C13H24N2O2/c16-12-7-3-1-2-5-10-15-13(17)8-4-6-9-14-11-12/h14H,1-11H2,(H,15,17). The highest BCUT2D eigenvalue weighted by atomic mass is 16.1. The maximum atomic E-state index is 11.4. The first-order valence-electron chi connectivity index (χ1n) is 6.78. The monoisotopic (exact) mass is 240 g/mol. The van der Waals surface area contributed by atoms with E-state index in [1.807, 2.05) is 0 Å². The number of Topliss-reactive ketones (excluding diaryl/α,β-unsaturated/α-hetero) is 1. The molecule has 0 atom stereocenters. The molecular formula is C13H24N2O2. The van der Waals surface area contributed by atoms with Crippen LogP contribution in [-0.2, 0) is 9.59 Å². The Morgan fingerprint density at radius 2 is 1.47 bits per heavy atom. The van der Waals surface area contributed by atoms with Crippen LogP contribution in [0.1, 0.15) is 51.4 Å². The Morgan fingerprint density at radius 1 is 0.765 bits per heavy atom. The zero-order valence-corrected chi connectivity index (χ0v) is 10.6.